The van der Waals surface area contributed by atoms with Gasteiger partial charge in [0.2, 0.25) is 0 Å². The largest absolute Gasteiger partial charge is 0.512 e. The highest BCUT2D eigenvalue weighted by Crippen LogP contribution is 2.47. The first-order chi connectivity index (χ1) is 12.6. The molecule has 2 aliphatic rings. The van der Waals surface area contributed by atoms with Crippen LogP contribution in [0, 0.1) is 5.92 Å². The molecule has 142 valence electrons. The second-order valence-corrected chi connectivity index (χ2v) is 8.04. The van der Waals surface area contributed by atoms with Crippen molar-refractivity contribution in [2.45, 2.75) is 83.2 Å². The number of hydrogen-bond donors (Lipinski definition) is 1. The van der Waals surface area contributed by atoms with Gasteiger partial charge >= 0.3 is 5.97 Å². The van der Waals surface area contributed by atoms with E-state index in [1.807, 2.05) is 18.2 Å². The summed E-state index contributed by atoms with van der Waals surface area (Å²) < 4.78 is 6.04. The molecule has 1 aliphatic heterocycles. The molecule has 1 aromatic carbocycles. The van der Waals surface area contributed by atoms with Crippen LogP contribution in [-0.4, -0.2) is 16.7 Å². The number of hydrogen-bond acceptors (Lipinski definition) is 3. The Bertz CT molecular complexity index is 635. The molecule has 0 radical (unpaired) electrons. The van der Waals surface area contributed by atoms with Crippen molar-refractivity contribution in [2.75, 3.05) is 0 Å². The van der Waals surface area contributed by atoms with E-state index in [0.717, 1.165) is 44.1 Å². The monoisotopic (exact) mass is 356 g/mol. The molecule has 0 bridgehead atoms. The van der Waals surface area contributed by atoms with E-state index in [1.165, 1.54) is 12.8 Å². The second kappa shape index (κ2) is 8.28. The molecule has 3 heteroatoms. The molecule has 1 N–H and O–H groups in total. The Labute approximate surface area is 157 Å². The third-order valence-corrected chi connectivity index (χ3v) is 6.08. The zero-order valence-electron chi connectivity index (χ0n) is 16.2. The van der Waals surface area contributed by atoms with Gasteiger partial charge in [-0.25, -0.2) is 4.79 Å². The Morgan fingerprint density at radius 1 is 1.12 bits per heavy atom. The van der Waals surface area contributed by atoms with Gasteiger partial charge in [-0.15, -0.1) is 0 Å². The van der Waals surface area contributed by atoms with Gasteiger partial charge in [0.25, 0.3) is 0 Å². The molecule has 0 spiro atoms. The summed E-state index contributed by atoms with van der Waals surface area (Å²) in [6.45, 7) is 4.21. The summed E-state index contributed by atoms with van der Waals surface area (Å²) >= 11 is 0. The van der Waals surface area contributed by atoms with Crippen LogP contribution < -0.4 is 0 Å². The SMILES string of the molecule is CCCC1(CCC)CC(O)=C(C(c2ccccc2)C2CCCC2)C(=O)O1. The van der Waals surface area contributed by atoms with Gasteiger partial charge in [0.05, 0.1) is 5.57 Å². The van der Waals surface area contributed by atoms with Crippen LogP contribution in [0.4, 0.5) is 0 Å². The van der Waals surface area contributed by atoms with Crippen LogP contribution >= 0.6 is 0 Å². The summed E-state index contributed by atoms with van der Waals surface area (Å²) in [5.74, 6) is 0.333. The average Bonchev–Trinajstić information content (AvgIpc) is 3.13. The van der Waals surface area contributed by atoms with Crippen LogP contribution in [0.25, 0.3) is 0 Å². The highest BCUT2D eigenvalue weighted by Gasteiger charge is 2.44. The van der Waals surface area contributed by atoms with Crippen LogP contribution in [0.2, 0.25) is 0 Å². The molecule has 1 atom stereocenters. The van der Waals surface area contributed by atoms with E-state index >= 15 is 0 Å². The molecule has 0 aromatic heterocycles. The lowest BCUT2D eigenvalue weighted by atomic mass is 9.75. The third-order valence-electron chi connectivity index (χ3n) is 6.08. The van der Waals surface area contributed by atoms with Crippen molar-refractivity contribution < 1.29 is 14.6 Å². The Balaban J connectivity index is 1.99. The summed E-state index contributed by atoms with van der Waals surface area (Å²) in [5.41, 5.74) is 1.12. The van der Waals surface area contributed by atoms with E-state index in [9.17, 15) is 9.90 Å². The first-order valence-corrected chi connectivity index (χ1v) is 10.3. The quantitative estimate of drug-likeness (QED) is 0.604. The van der Waals surface area contributed by atoms with Crippen LogP contribution in [-0.2, 0) is 9.53 Å². The number of carbonyl (C=O) groups excluding carboxylic acids is 1. The van der Waals surface area contributed by atoms with Crippen molar-refractivity contribution in [1.82, 2.24) is 0 Å². The molecular formula is C23H32O3. The fourth-order valence-corrected chi connectivity index (χ4v) is 5.05. The molecular weight excluding hydrogens is 324 g/mol. The fraction of sp³-hybridized carbons (Fsp3) is 0.609. The molecule has 0 amide bonds. The number of esters is 1. The molecule has 0 saturated heterocycles. The van der Waals surface area contributed by atoms with Gasteiger partial charge < -0.3 is 9.84 Å². The number of rotatable bonds is 7. The van der Waals surface area contributed by atoms with Crippen LogP contribution in [0.3, 0.4) is 0 Å². The highest BCUT2D eigenvalue weighted by molar-refractivity contribution is 5.92. The molecule has 26 heavy (non-hydrogen) atoms. The lowest BCUT2D eigenvalue weighted by Crippen LogP contribution is -2.41. The molecule has 3 nitrogen and oxygen atoms in total. The minimum atomic E-state index is -0.523. The predicted molar refractivity (Wildman–Crippen MR) is 104 cm³/mol. The summed E-state index contributed by atoms with van der Waals surface area (Å²) in [6.07, 6.45) is 8.59. The van der Waals surface area contributed by atoms with Crippen molar-refractivity contribution in [1.29, 1.82) is 0 Å². The van der Waals surface area contributed by atoms with Crippen LogP contribution in [0.5, 0.6) is 0 Å². The molecule has 1 aromatic rings. The van der Waals surface area contributed by atoms with Crippen LogP contribution in [0.1, 0.15) is 83.1 Å². The summed E-state index contributed by atoms with van der Waals surface area (Å²) in [4.78, 5) is 13.1. The van der Waals surface area contributed by atoms with Gasteiger partial charge in [-0.1, -0.05) is 69.9 Å². The second-order valence-electron chi connectivity index (χ2n) is 8.04. The Kier molecular flexibility index (Phi) is 6.05. The Hall–Kier alpha value is -1.77. The van der Waals surface area contributed by atoms with Gasteiger partial charge in [-0.3, -0.25) is 0 Å². The van der Waals surface area contributed by atoms with Crippen molar-refractivity contribution >= 4 is 5.97 Å². The summed E-state index contributed by atoms with van der Waals surface area (Å²) in [6, 6.07) is 10.2. The van der Waals surface area contributed by atoms with Gasteiger partial charge in [-0.05, 0) is 37.2 Å². The van der Waals surface area contributed by atoms with Crippen molar-refractivity contribution in [3.63, 3.8) is 0 Å². The number of ether oxygens (including phenoxy) is 1. The van der Waals surface area contributed by atoms with Crippen molar-refractivity contribution in [3.8, 4) is 0 Å². The summed E-state index contributed by atoms with van der Waals surface area (Å²) in [5, 5.41) is 11.0. The first-order valence-electron chi connectivity index (χ1n) is 10.3. The number of aliphatic hydroxyl groups is 1. The van der Waals surface area contributed by atoms with E-state index < -0.39 is 5.60 Å². The molecule has 1 aliphatic carbocycles. The lowest BCUT2D eigenvalue weighted by molar-refractivity contribution is -0.161. The van der Waals surface area contributed by atoms with E-state index in [2.05, 4.69) is 26.0 Å². The van der Waals surface area contributed by atoms with Gasteiger partial charge in [-0.2, -0.15) is 0 Å². The van der Waals surface area contributed by atoms with E-state index in [1.54, 1.807) is 0 Å². The molecule has 1 heterocycles. The zero-order valence-corrected chi connectivity index (χ0v) is 16.2. The summed E-state index contributed by atoms with van der Waals surface area (Å²) in [7, 11) is 0. The number of benzene rings is 1. The zero-order chi connectivity index (χ0) is 18.6. The lowest BCUT2D eigenvalue weighted by Gasteiger charge is -2.39. The Morgan fingerprint density at radius 2 is 1.73 bits per heavy atom. The van der Waals surface area contributed by atoms with Gasteiger partial charge in [0, 0.05) is 12.3 Å². The number of aliphatic hydroxyl groups excluding tert-OH is 1. The molecule has 3 rings (SSSR count). The third kappa shape index (κ3) is 3.82. The smallest absolute Gasteiger partial charge is 0.338 e. The minimum Gasteiger partial charge on any atom is -0.512 e. The topological polar surface area (TPSA) is 46.5 Å². The van der Waals surface area contributed by atoms with Crippen molar-refractivity contribution in [2.24, 2.45) is 5.92 Å². The minimum absolute atomic E-state index is 0.0487. The fourth-order valence-electron chi connectivity index (χ4n) is 5.05. The standard InChI is InChI=1S/C23H32O3/c1-3-14-23(15-4-2)16-19(24)21(22(25)26-23)20(18-12-8-9-13-18)17-10-6-5-7-11-17/h5-7,10-11,18,20,24H,3-4,8-9,12-16H2,1-2H3. The van der Waals surface area contributed by atoms with E-state index in [-0.39, 0.29) is 17.6 Å². The predicted octanol–water partition coefficient (Wildman–Crippen LogP) is 6.06. The van der Waals surface area contributed by atoms with Gasteiger partial charge in [0.15, 0.2) is 0 Å². The van der Waals surface area contributed by atoms with Crippen LogP contribution in [0.15, 0.2) is 41.7 Å². The number of carbonyl (C=O) groups is 1. The maximum Gasteiger partial charge on any atom is 0.338 e. The molecule has 1 fully saturated rings. The molecule has 1 unspecified atom stereocenters. The normalized spacial score (nSPS) is 21.7. The Morgan fingerprint density at radius 3 is 2.27 bits per heavy atom. The highest BCUT2D eigenvalue weighted by atomic mass is 16.6. The first kappa shape index (κ1) is 19.0. The maximum atomic E-state index is 13.1. The van der Waals surface area contributed by atoms with Gasteiger partial charge in [0.1, 0.15) is 11.4 Å². The number of cyclic esters (lactones) is 1. The van der Waals surface area contributed by atoms with E-state index in [4.69, 9.17) is 4.74 Å². The van der Waals surface area contributed by atoms with E-state index in [0.29, 0.717) is 17.9 Å². The average molecular weight is 357 g/mol. The van der Waals surface area contributed by atoms with Crippen molar-refractivity contribution in [3.05, 3.63) is 47.2 Å². The molecule has 1 saturated carbocycles. The maximum absolute atomic E-state index is 13.1.